The first kappa shape index (κ1) is 14.4. The molecule has 1 N–H and O–H groups in total. The number of thiazole rings is 1. The number of thiocarbonyl (C=S) groups is 1. The molecule has 4 rings (SSSR count). The zero-order valence-corrected chi connectivity index (χ0v) is 13.8. The molecule has 1 aliphatic rings. The molecule has 2 heterocycles. The van der Waals surface area contributed by atoms with Crippen molar-refractivity contribution < 1.29 is 9.84 Å². The molecule has 1 unspecified atom stereocenters. The molecule has 116 valence electrons. The van der Waals surface area contributed by atoms with Gasteiger partial charge in [-0.15, -0.1) is 0 Å². The summed E-state index contributed by atoms with van der Waals surface area (Å²) in [5.41, 5.74) is 2.00. The Balaban J connectivity index is 1.57. The smallest absolute Gasteiger partial charge is 0.266 e. The Morgan fingerprint density at radius 2 is 2.04 bits per heavy atom. The maximum Gasteiger partial charge on any atom is 0.266 e. The average molecular weight is 342 g/mol. The number of nitrogens with zero attached hydrogens (tertiary/aromatic N) is 2. The SMILES string of the molecule is Oc1ccc2nc(N3CCC(c4ccccc4)OC3=S)sc2c1. The number of hydrogen-bond acceptors (Lipinski definition) is 5. The van der Waals surface area contributed by atoms with Crippen LogP contribution in [0.1, 0.15) is 18.1 Å². The highest BCUT2D eigenvalue weighted by Crippen LogP contribution is 2.35. The number of hydrogen-bond donors (Lipinski definition) is 1. The molecule has 1 saturated heterocycles. The van der Waals surface area contributed by atoms with Gasteiger partial charge < -0.3 is 9.84 Å². The van der Waals surface area contributed by atoms with Gasteiger partial charge in [-0.25, -0.2) is 4.98 Å². The molecule has 0 spiro atoms. The van der Waals surface area contributed by atoms with Crippen molar-refractivity contribution in [1.29, 1.82) is 0 Å². The number of benzene rings is 2. The van der Waals surface area contributed by atoms with E-state index in [2.05, 4.69) is 17.1 Å². The van der Waals surface area contributed by atoms with Crippen molar-refractivity contribution in [3.63, 3.8) is 0 Å². The molecular formula is C17H14N2O2S2. The van der Waals surface area contributed by atoms with Crippen LogP contribution in [0.25, 0.3) is 10.2 Å². The third-order valence-corrected chi connectivity index (χ3v) is 5.20. The molecule has 0 bridgehead atoms. The fraction of sp³-hybridized carbons (Fsp3) is 0.176. The summed E-state index contributed by atoms with van der Waals surface area (Å²) < 4.78 is 6.87. The molecule has 4 nitrogen and oxygen atoms in total. The van der Waals surface area contributed by atoms with Crippen molar-refractivity contribution in [1.82, 2.24) is 4.98 Å². The van der Waals surface area contributed by atoms with Gasteiger partial charge in [-0.1, -0.05) is 41.7 Å². The van der Waals surface area contributed by atoms with E-state index >= 15 is 0 Å². The molecule has 2 aromatic carbocycles. The van der Waals surface area contributed by atoms with Crippen molar-refractivity contribution in [2.45, 2.75) is 12.5 Å². The lowest BCUT2D eigenvalue weighted by Crippen LogP contribution is -2.38. The predicted molar refractivity (Wildman–Crippen MR) is 96.1 cm³/mol. The molecule has 1 fully saturated rings. The first-order valence-electron chi connectivity index (χ1n) is 7.33. The van der Waals surface area contributed by atoms with Gasteiger partial charge in [0.15, 0.2) is 5.13 Å². The number of rotatable bonds is 2. The van der Waals surface area contributed by atoms with Gasteiger partial charge in [-0.3, -0.25) is 4.90 Å². The molecule has 6 heteroatoms. The standard InChI is InChI=1S/C17H14N2O2S2/c20-12-6-7-13-15(10-12)23-16(18-13)19-9-8-14(21-17(19)22)11-4-2-1-3-5-11/h1-7,10,14,20H,8-9H2. The minimum Gasteiger partial charge on any atom is -0.508 e. The van der Waals surface area contributed by atoms with E-state index in [1.807, 2.05) is 29.2 Å². The van der Waals surface area contributed by atoms with Crippen molar-refractivity contribution in [2.75, 3.05) is 11.4 Å². The van der Waals surface area contributed by atoms with Gasteiger partial charge in [0.05, 0.1) is 10.2 Å². The van der Waals surface area contributed by atoms with Crippen LogP contribution in [0.15, 0.2) is 48.5 Å². The van der Waals surface area contributed by atoms with Crippen LogP contribution < -0.4 is 4.90 Å². The normalized spacial score (nSPS) is 18.2. The predicted octanol–water partition coefficient (Wildman–Crippen LogP) is 4.25. The van der Waals surface area contributed by atoms with E-state index in [9.17, 15) is 5.11 Å². The molecule has 3 aromatic rings. The monoisotopic (exact) mass is 342 g/mol. The summed E-state index contributed by atoms with van der Waals surface area (Å²) in [6, 6.07) is 15.3. The molecule has 0 saturated carbocycles. The fourth-order valence-electron chi connectivity index (χ4n) is 2.67. The van der Waals surface area contributed by atoms with Crippen molar-refractivity contribution in [3.8, 4) is 5.75 Å². The Morgan fingerprint density at radius 3 is 2.83 bits per heavy atom. The molecule has 1 aliphatic heterocycles. The summed E-state index contributed by atoms with van der Waals surface area (Å²) in [5, 5.41) is 10.8. The van der Waals surface area contributed by atoms with E-state index in [1.54, 1.807) is 12.1 Å². The molecule has 1 aromatic heterocycles. The Bertz CT molecular complexity index is 863. The van der Waals surface area contributed by atoms with E-state index in [4.69, 9.17) is 17.0 Å². The topological polar surface area (TPSA) is 45.6 Å². The molecular weight excluding hydrogens is 328 g/mol. The third-order valence-electron chi connectivity index (χ3n) is 3.84. The third kappa shape index (κ3) is 2.75. The average Bonchev–Trinajstić information content (AvgIpc) is 2.98. The van der Waals surface area contributed by atoms with Crippen LogP contribution >= 0.6 is 23.6 Å². The quantitative estimate of drug-likeness (QED) is 0.705. The number of phenols is 1. The van der Waals surface area contributed by atoms with Gasteiger partial charge in [0, 0.05) is 13.0 Å². The lowest BCUT2D eigenvalue weighted by molar-refractivity contribution is 0.166. The van der Waals surface area contributed by atoms with Crippen LogP contribution in [-0.4, -0.2) is 21.8 Å². The summed E-state index contributed by atoms with van der Waals surface area (Å²) in [4.78, 5) is 6.52. The minimum atomic E-state index is -0.00151. The highest BCUT2D eigenvalue weighted by atomic mass is 32.1. The number of fused-ring (bicyclic) bond motifs is 1. The van der Waals surface area contributed by atoms with E-state index in [0.29, 0.717) is 5.17 Å². The zero-order valence-electron chi connectivity index (χ0n) is 12.2. The number of phenolic OH excluding ortho intramolecular Hbond substituents is 1. The summed E-state index contributed by atoms with van der Waals surface area (Å²) in [6.45, 7) is 0.768. The first-order chi connectivity index (χ1) is 11.2. The molecule has 0 aliphatic carbocycles. The van der Waals surface area contributed by atoms with Crippen LogP contribution in [0.2, 0.25) is 0 Å². The molecule has 1 atom stereocenters. The summed E-state index contributed by atoms with van der Waals surface area (Å²) in [7, 11) is 0. The van der Waals surface area contributed by atoms with Gasteiger partial charge in [0.25, 0.3) is 5.17 Å². The maximum absolute atomic E-state index is 9.58. The van der Waals surface area contributed by atoms with E-state index < -0.39 is 0 Å². The van der Waals surface area contributed by atoms with E-state index in [1.165, 1.54) is 11.3 Å². The highest BCUT2D eigenvalue weighted by molar-refractivity contribution is 7.80. The first-order valence-corrected chi connectivity index (χ1v) is 8.56. The molecule has 23 heavy (non-hydrogen) atoms. The highest BCUT2D eigenvalue weighted by Gasteiger charge is 2.28. The van der Waals surface area contributed by atoms with Gasteiger partial charge >= 0.3 is 0 Å². The summed E-state index contributed by atoms with van der Waals surface area (Å²) in [6.07, 6.45) is 0.851. The largest absolute Gasteiger partial charge is 0.508 e. The van der Waals surface area contributed by atoms with Crippen LogP contribution in [0.4, 0.5) is 5.13 Å². The minimum absolute atomic E-state index is 0.00151. The fourth-order valence-corrected chi connectivity index (χ4v) is 4.05. The van der Waals surface area contributed by atoms with E-state index in [-0.39, 0.29) is 11.9 Å². The Kier molecular flexibility index (Phi) is 3.63. The Labute approximate surface area is 143 Å². The number of anilines is 1. The summed E-state index contributed by atoms with van der Waals surface area (Å²) in [5.74, 6) is 0.245. The van der Waals surface area contributed by atoms with Gasteiger partial charge in [0.1, 0.15) is 11.9 Å². The number of aromatic nitrogens is 1. The Hall–Kier alpha value is -2.18. The molecule has 0 radical (unpaired) electrons. The van der Waals surface area contributed by atoms with Crippen LogP contribution in [0, 0.1) is 0 Å². The van der Waals surface area contributed by atoms with Crippen LogP contribution in [0.5, 0.6) is 5.75 Å². The van der Waals surface area contributed by atoms with Crippen molar-refractivity contribution in [2.24, 2.45) is 0 Å². The second-order valence-corrected chi connectivity index (χ2v) is 6.73. The zero-order chi connectivity index (χ0) is 15.8. The van der Waals surface area contributed by atoms with Gasteiger partial charge in [0.2, 0.25) is 0 Å². The number of aromatic hydroxyl groups is 1. The lowest BCUT2D eigenvalue weighted by Gasteiger charge is -2.32. The lowest BCUT2D eigenvalue weighted by atomic mass is 10.1. The second kappa shape index (κ2) is 5.79. The van der Waals surface area contributed by atoms with Crippen LogP contribution in [0.3, 0.4) is 0 Å². The van der Waals surface area contributed by atoms with Crippen molar-refractivity contribution >= 4 is 44.1 Å². The Morgan fingerprint density at radius 1 is 1.22 bits per heavy atom. The molecule has 0 amide bonds. The second-order valence-electron chi connectivity index (χ2n) is 5.37. The van der Waals surface area contributed by atoms with E-state index in [0.717, 1.165) is 33.9 Å². The summed E-state index contributed by atoms with van der Waals surface area (Å²) >= 11 is 6.94. The maximum atomic E-state index is 9.58. The van der Waals surface area contributed by atoms with Gasteiger partial charge in [-0.2, -0.15) is 0 Å². The van der Waals surface area contributed by atoms with Crippen molar-refractivity contribution in [3.05, 3.63) is 54.1 Å². The van der Waals surface area contributed by atoms with Gasteiger partial charge in [-0.05, 0) is 36.0 Å². The number of ether oxygens (including phenoxy) is 1. The van der Waals surface area contributed by atoms with Crippen LogP contribution in [-0.2, 0) is 4.74 Å².